The Bertz CT molecular complexity index is 2520. The Hall–Kier alpha value is -7.91. The zero-order valence-corrected chi connectivity index (χ0v) is 41.1. The number of anilines is 4. The van der Waals surface area contributed by atoms with Gasteiger partial charge in [-0.25, -0.2) is 0 Å². The summed E-state index contributed by atoms with van der Waals surface area (Å²) >= 11 is 0. The minimum Gasteiger partial charge on any atom is -0.438 e. The summed E-state index contributed by atoms with van der Waals surface area (Å²) in [5, 5.41) is 12.3. The fraction of sp³-hybridized carbons (Fsp3) is 0. The minimum atomic E-state index is -0.0437. The third-order valence-corrected chi connectivity index (χ3v) is 9.92. The van der Waals surface area contributed by atoms with Crippen molar-refractivity contribution in [3.8, 4) is 23.0 Å². The van der Waals surface area contributed by atoms with Gasteiger partial charge >= 0.3 is 0 Å². The molecule has 4 aromatic carbocycles. The molecular formula is C52H36N4O8Zn2. The maximum absolute atomic E-state index is 11.6. The molecule has 0 unspecified atom stereocenters. The Morgan fingerprint density at radius 2 is 0.470 bits per heavy atom. The summed E-state index contributed by atoms with van der Waals surface area (Å²) in [5.41, 5.74) is 5.78. The molecule has 316 valence electrons. The Balaban J connectivity index is 0.000000130. The average Bonchev–Trinajstić information content (AvgIpc) is 4.15. The van der Waals surface area contributed by atoms with Crippen molar-refractivity contribution < 1.29 is 77.1 Å². The van der Waals surface area contributed by atoms with Crippen LogP contribution >= 0.6 is 0 Å². The standard InChI is InChI=1S/4C13H9NO2.2Zn/c4*15-11-7-3-1-5-9(11)13-14-10-6-2-4-8-12(10)16-13;;/h4*1-8,14H;;/b4*13-9+;;. The molecule has 4 aliphatic carbocycles. The van der Waals surface area contributed by atoms with Crippen LogP contribution in [0.25, 0.3) is 0 Å². The minimum absolute atomic E-state index is 0. The fourth-order valence-corrected chi connectivity index (χ4v) is 6.77. The summed E-state index contributed by atoms with van der Waals surface area (Å²) in [6.45, 7) is 0. The molecule has 0 atom stereocenters. The van der Waals surface area contributed by atoms with Crippen LogP contribution in [0.15, 0.2) is 240 Å². The molecule has 12 nitrogen and oxygen atoms in total. The van der Waals surface area contributed by atoms with Gasteiger partial charge in [-0.15, -0.1) is 0 Å². The number of nitrogens with one attached hydrogen (secondary N) is 4. The van der Waals surface area contributed by atoms with Crippen LogP contribution in [0.4, 0.5) is 22.7 Å². The van der Waals surface area contributed by atoms with Gasteiger partial charge in [-0.1, -0.05) is 97.1 Å². The molecule has 4 aliphatic heterocycles. The molecule has 4 heterocycles. The zero-order valence-electron chi connectivity index (χ0n) is 35.2. The van der Waals surface area contributed by atoms with Gasteiger partial charge in [0.05, 0.1) is 45.0 Å². The topological polar surface area (TPSA) is 153 Å². The van der Waals surface area contributed by atoms with Crippen molar-refractivity contribution in [3.05, 3.63) is 240 Å². The van der Waals surface area contributed by atoms with Gasteiger partial charge in [-0.3, -0.25) is 19.2 Å². The molecule has 0 aromatic heterocycles. The van der Waals surface area contributed by atoms with Crippen LogP contribution < -0.4 is 40.2 Å². The first-order valence-electron chi connectivity index (χ1n) is 20.1. The Kier molecular flexibility index (Phi) is 14.8. The third kappa shape index (κ3) is 10.4. The second-order valence-corrected chi connectivity index (χ2v) is 14.2. The van der Waals surface area contributed by atoms with Crippen molar-refractivity contribution in [2.24, 2.45) is 0 Å². The van der Waals surface area contributed by atoms with E-state index >= 15 is 0 Å². The Labute approximate surface area is 405 Å². The number of ether oxygens (including phenoxy) is 4. The van der Waals surface area contributed by atoms with E-state index in [0.717, 1.165) is 45.7 Å². The van der Waals surface area contributed by atoms with E-state index in [4.69, 9.17) is 18.9 Å². The van der Waals surface area contributed by atoms with Gasteiger partial charge < -0.3 is 40.2 Å². The van der Waals surface area contributed by atoms with Crippen LogP contribution in [0.1, 0.15) is 0 Å². The summed E-state index contributed by atoms with van der Waals surface area (Å²) in [6.07, 6.45) is 27.2. The molecule has 0 amide bonds. The molecular weight excluding hydrogens is 939 g/mol. The van der Waals surface area contributed by atoms with E-state index in [2.05, 4.69) is 21.3 Å². The van der Waals surface area contributed by atoms with E-state index in [1.807, 2.05) is 121 Å². The smallest absolute Gasteiger partial charge is 0.209 e. The number of benzene rings is 4. The molecule has 0 saturated heterocycles. The number of para-hydroxylation sites is 8. The number of carbonyl (C=O) groups excluding carboxylic acids is 4. The number of carbonyl (C=O) groups is 4. The van der Waals surface area contributed by atoms with Crippen LogP contribution in [0.3, 0.4) is 0 Å². The second kappa shape index (κ2) is 21.2. The number of hydrogen-bond donors (Lipinski definition) is 4. The molecule has 0 fully saturated rings. The SMILES string of the molecule is O=C1C=CC=C/C1=C1/Nc2ccccc2O1.O=C1C=CC=C/C1=C1/Nc2ccccc2O1.O=C1C=CC=C/C1=C1/Nc2ccccc2O1.O=C1C=CC=C/C1=C1/Nc2ccccc2O1.[Zn].[Zn]. The Morgan fingerprint density at radius 3 is 0.667 bits per heavy atom. The van der Waals surface area contributed by atoms with Gasteiger partial charge in [0.1, 0.15) is 0 Å². The van der Waals surface area contributed by atoms with Gasteiger partial charge in [-0.2, -0.15) is 0 Å². The molecule has 0 bridgehead atoms. The van der Waals surface area contributed by atoms with Crippen LogP contribution in [0.2, 0.25) is 0 Å². The summed E-state index contributed by atoms with van der Waals surface area (Å²) in [5.74, 6) is 4.85. The molecule has 66 heavy (non-hydrogen) atoms. The van der Waals surface area contributed by atoms with E-state index in [1.54, 1.807) is 48.6 Å². The number of hydrogen-bond acceptors (Lipinski definition) is 12. The van der Waals surface area contributed by atoms with E-state index in [-0.39, 0.29) is 62.1 Å². The Morgan fingerprint density at radius 1 is 0.273 bits per heavy atom. The summed E-state index contributed by atoms with van der Waals surface area (Å²) in [6, 6.07) is 30.4. The molecule has 0 spiro atoms. The molecule has 14 heteroatoms. The molecule has 0 saturated carbocycles. The van der Waals surface area contributed by atoms with Crippen molar-refractivity contribution in [1.82, 2.24) is 0 Å². The molecule has 4 N–H and O–H groups in total. The molecule has 0 radical (unpaired) electrons. The zero-order chi connectivity index (χ0) is 43.8. The van der Waals surface area contributed by atoms with Gasteiger partial charge in [0.15, 0.2) is 46.1 Å². The average molecular weight is 976 g/mol. The quantitative estimate of drug-likeness (QED) is 0.0981. The first-order valence-corrected chi connectivity index (χ1v) is 20.1. The third-order valence-electron chi connectivity index (χ3n) is 9.92. The first-order chi connectivity index (χ1) is 31.4. The largest absolute Gasteiger partial charge is 0.438 e. The predicted octanol–water partition coefficient (Wildman–Crippen LogP) is 9.59. The van der Waals surface area contributed by atoms with Crippen molar-refractivity contribution in [1.29, 1.82) is 0 Å². The van der Waals surface area contributed by atoms with Crippen LogP contribution in [0.5, 0.6) is 23.0 Å². The van der Waals surface area contributed by atoms with E-state index in [9.17, 15) is 19.2 Å². The van der Waals surface area contributed by atoms with Crippen LogP contribution in [0, 0.1) is 0 Å². The van der Waals surface area contributed by atoms with Crippen molar-refractivity contribution in [2.75, 3.05) is 21.3 Å². The van der Waals surface area contributed by atoms with Crippen molar-refractivity contribution in [3.63, 3.8) is 0 Å². The van der Waals surface area contributed by atoms with E-state index in [1.165, 1.54) is 24.3 Å². The van der Waals surface area contributed by atoms with Crippen molar-refractivity contribution in [2.45, 2.75) is 0 Å². The number of ketones is 4. The molecule has 12 rings (SSSR count). The van der Waals surface area contributed by atoms with E-state index in [0.29, 0.717) is 45.8 Å². The summed E-state index contributed by atoms with van der Waals surface area (Å²) in [7, 11) is 0. The molecule has 4 aromatic rings. The normalized spacial score (nSPS) is 21.0. The maximum atomic E-state index is 11.6. The van der Waals surface area contributed by atoms with Crippen molar-refractivity contribution >= 4 is 45.9 Å². The number of allylic oxidation sites excluding steroid dienone is 20. The predicted molar refractivity (Wildman–Crippen MR) is 244 cm³/mol. The number of rotatable bonds is 0. The second-order valence-electron chi connectivity index (χ2n) is 14.2. The van der Waals surface area contributed by atoms with E-state index < -0.39 is 0 Å². The van der Waals surface area contributed by atoms with Crippen LogP contribution in [-0.2, 0) is 58.1 Å². The monoisotopic (exact) mass is 972 g/mol. The summed E-state index contributed by atoms with van der Waals surface area (Å²) in [4.78, 5) is 46.5. The van der Waals surface area contributed by atoms with Gasteiger partial charge in [-0.05, 0) is 97.1 Å². The van der Waals surface area contributed by atoms with Gasteiger partial charge in [0.25, 0.3) is 0 Å². The number of fused-ring (bicyclic) bond motifs is 4. The fourth-order valence-electron chi connectivity index (χ4n) is 6.77. The first kappa shape index (κ1) is 46.1. The maximum Gasteiger partial charge on any atom is 0.209 e. The van der Waals surface area contributed by atoms with Crippen LogP contribution in [-0.4, -0.2) is 23.1 Å². The van der Waals surface area contributed by atoms with Gasteiger partial charge in [0.2, 0.25) is 23.5 Å². The summed E-state index contributed by atoms with van der Waals surface area (Å²) < 4.78 is 22.3. The molecule has 8 aliphatic rings. The van der Waals surface area contributed by atoms with Gasteiger partial charge in [0, 0.05) is 39.0 Å².